The molecule has 0 saturated carbocycles. The zero-order valence-corrected chi connectivity index (χ0v) is 28.8. The average Bonchev–Trinajstić information content (AvgIpc) is 3.63. The zero-order valence-electron chi connectivity index (χ0n) is 28.8. The summed E-state index contributed by atoms with van der Waals surface area (Å²) in [5.74, 6) is 0. The van der Waals surface area contributed by atoms with Gasteiger partial charge < -0.3 is 4.57 Å². The molecule has 2 heteroatoms. The van der Waals surface area contributed by atoms with E-state index in [1.165, 1.54) is 88.0 Å². The van der Waals surface area contributed by atoms with Crippen molar-refractivity contribution in [3.8, 4) is 27.9 Å². The van der Waals surface area contributed by atoms with Crippen LogP contribution in [0, 0.1) is 0 Å². The summed E-state index contributed by atoms with van der Waals surface area (Å²) in [6.07, 6.45) is 0. The van der Waals surface area contributed by atoms with Crippen molar-refractivity contribution >= 4 is 55.7 Å². The fourth-order valence-corrected chi connectivity index (χ4v) is 8.74. The van der Waals surface area contributed by atoms with Crippen LogP contribution >= 0.6 is 0 Å². The van der Waals surface area contributed by atoms with Crippen molar-refractivity contribution in [3.05, 3.63) is 193 Å². The molecule has 0 radical (unpaired) electrons. The summed E-state index contributed by atoms with van der Waals surface area (Å²) in [6, 6.07) is 67.5. The number of benzene rings is 8. The van der Waals surface area contributed by atoms with E-state index in [1.807, 2.05) is 0 Å². The van der Waals surface area contributed by atoms with Crippen molar-refractivity contribution in [1.82, 2.24) is 4.57 Å². The van der Waals surface area contributed by atoms with E-state index in [4.69, 9.17) is 0 Å². The maximum Gasteiger partial charge on any atom is 0.241 e. The van der Waals surface area contributed by atoms with Crippen LogP contribution < -0.4 is 16.4 Å². The van der Waals surface area contributed by atoms with Crippen LogP contribution in [-0.2, 0) is 5.41 Å². The van der Waals surface area contributed by atoms with Gasteiger partial charge in [0, 0.05) is 21.9 Å². The predicted molar refractivity (Wildman–Crippen MR) is 219 cm³/mol. The molecule has 0 N–H and O–H groups in total. The molecule has 0 atom stereocenters. The third-order valence-corrected chi connectivity index (χ3v) is 11.3. The molecule has 0 aliphatic heterocycles. The molecule has 51 heavy (non-hydrogen) atoms. The van der Waals surface area contributed by atoms with Gasteiger partial charge in [0.05, 0.1) is 11.0 Å². The fraction of sp³-hybridized carbons (Fsp3) is 0.0612. The number of nitrogens with zero attached hydrogens (tertiary/aromatic N) is 1. The van der Waals surface area contributed by atoms with Gasteiger partial charge in [0.15, 0.2) is 0 Å². The lowest BCUT2D eigenvalue weighted by atomic mass is 9.36. The second-order valence-corrected chi connectivity index (χ2v) is 14.6. The van der Waals surface area contributed by atoms with E-state index in [9.17, 15) is 0 Å². The van der Waals surface area contributed by atoms with Crippen LogP contribution in [0.5, 0.6) is 0 Å². The minimum Gasteiger partial charge on any atom is -0.309 e. The molecule has 1 aliphatic carbocycles. The van der Waals surface area contributed by atoms with Gasteiger partial charge in [-0.2, -0.15) is 0 Å². The molecule has 1 aromatic heterocycles. The molecule has 1 aliphatic rings. The van der Waals surface area contributed by atoms with Crippen LogP contribution in [0.4, 0.5) is 0 Å². The third kappa shape index (κ3) is 4.71. The molecule has 240 valence electrons. The average molecular weight is 650 g/mol. The quantitative estimate of drug-likeness (QED) is 0.164. The first-order chi connectivity index (χ1) is 25.0. The zero-order chi connectivity index (χ0) is 34.1. The Morgan fingerprint density at radius 3 is 1.90 bits per heavy atom. The Labute approximate surface area is 299 Å². The summed E-state index contributed by atoms with van der Waals surface area (Å²) in [4.78, 5) is 0. The highest BCUT2D eigenvalue weighted by Gasteiger charge is 2.36. The first kappa shape index (κ1) is 29.8. The lowest BCUT2D eigenvalue weighted by Gasteiger charge is -2.23. The molecule has 0 bridgehead atoms. The molecular weight excluding hydrogens is 613 g/mol. The Kier molecular flexibility index (Phi) is 6.70. The number of fused-ring (bicyclic) bond motifs is 7. The molecule has 0 unspecified atom stereocenters. The lowest BCUT2D eigenvalue weighted by molar-refractivity contribution is 0.661. The molecule has 0 amide bonds. The van der Waals surface area contributed by atoms with E-state index in [0.29, 0.717) is 0 Å². The second kappa shape index (κ2) is 11.5. The molecule has 9 aromatic rings. The van der Waals surface area contributed by atoms with Crippen LogP contribution in [0.1, 0.15) is 25.0 Å². The Morgan fingerprint density at radius 1 is 0.412 bits per heavy atom. The van der Waals surface area contributed by atoms with Crippen LogP contribution in [0.2, 0.25) is 0 Å². The van der Waals surface area contributed by atoms with Crippen molar-refractivity contribution in [2.75, 3.05) is 0 Å². The van der Waals surface area contributed by atoms with Crippen molar-refractivity contribution in [1.29, 1.82) is 0 Å². The van der Waals surface area contributed by atoms with E-state index >= 15 is 0 Å². The maximum atomic E-state index is 2.49. The number of para-hydroxylation sites is 2. The standard InChI is InChI=1S/C49H36BN/c1-49(2)45-18-10-8-16-41(45)42-28-27-39(32-46(42)49)50(38-26-22-33-12-6-7-13-35(33)30-38)37-24-20-34(21-25-37)36-23-29-48-44(31-36)43-17-9-11-19-47(43)51(48)40-14-4-3-5-15-40/h3-32H,1-2H3. The van der Waals surface area contributed by atoms with Crippen molar-refractivity contribution < 1.29 is 0 Å². The molecule has 0 fully saturated rings. The summed E-state index contributed by atoms with van der Waals surface area (Å²) in [7, 11) is 0. The van der Waals surface area contributed by atoms with Gasteiger partial charge in [-0.3, -0.25) is 0 Å². The van der Waals surface area contributed by atoms with Gasteiger partial charge in [-0.15, -0.1) is 0 Å². The lowest BCUT2D eigenvalue weighted by Crippen LogP contribution is -2.52. The summed E-state index contributed by atoms with van der Waals surface area (Å²) in [6.45, 7) is 4.84. The van der Waals surface area contributed by atoms with E-state index in [-0.39, 0.29) is 12.1 Å². The van der Waals surface area contributed by atoms with Gasteiger partial charge in [-0.1, -0.05) is 182 Å². The Hall–Kier alpha value is -6.12. The molecular formula is C49H36BN. The monoisotopic (exact) mass is 649 g/mol. The van der Waals surface area contributed by atoms with Gasteiger partial charge in [-0.05, 0) is 74.5 Å². The van der Waals surface area contributed by atoms with Gasteiger partial charge in [-0.25, -0.2) is 0 Å². The highest BCUT2D eigenvalue weighted by molar-refractivity contribution is 6.95. The van der Waals surface area contributed by atoms with Gasteiger partial charge in [0.25, 0.3) is 0 Å². The van der Waals surface area contributed by atoms with Crippen LogP contribution in [0.15, 0.2) is 182 Å². The minimum atomic E-state index is -0.0536. The number of hydrogen-bond acceptors (Lipinski definition) is 0. The summed E-state index contributed by atoms with van der Waals surface area (Å²) in [5, 5.41) is 5.08. The fourth-order valence-electron chi connectivity index (χ4n) is 8.74. The van der Waals surface area contributed by atoms with Crippen molar-refractivity contribution in [2.24, 2.45) is 0 Å². The van der Waals surface area contributed by atoms with Crippen molar-refractivity contribution in [3.63, 3.8) is 0 Å². The number of rotatable bonds is 5. The summed E-state index contributed by atoms with van der Waals surface area (Å²) < 4.78 is 2.38. The minimum absolute atomic E-state index is 0.0536. The molecule has 1 nitrogen and oxygen atoms in total. The van der Waals surface area contributed by atoms with Gasteiger partial charge >= 0.3 is 0 Å². The van der Waals surface area contributed by atoms with E-state index < -0.39 is 0 Å². The van der Waals surface area contributed by atoms with E-state index in [1.54, 1.807) is 0 Å². The number of hydrogen-bond donors (Lipinski definition) is 0. The smallest absolute Gasteiger partial charge is 0.241 e. The van der Waals surface area contributed by atoms with Gasteiger partial charge in [0.2, 0.25) is 6.71 Å². The number of aromatic nitrogens is 1. The van der Waals surface area contributed by atoms with E-state index in [0.717, 1.165) is 0 Å². The molecule has 8 aromatic carbocycles. The highest BCUT2D eigenvalue weighted by atomic mass is 15.0. The highest BCUT2D eigenvalue weighted by Crippen LogP contribution is 2.48. The topological polar surface area (TPSA) is 4.93 Å². The molecule has 0 saturated heterocycles. The van der Waals surface area contributed by atoms with E-state index in [2.05, 4.69) is 200 Å². The maximum absolute atomic E-state index is 2.49. The Bertz CT molecular complexity index is 2770. The Balaban J connectivity index is 1.09. The first-order valence-electron chi connectivity index (χ1n) is 18.0. The predicted octanol–water partition coefficient (Wildman–Crippen LogP) is 10.4. The van der Waals surface area contributed by atoms with Crippen LogP contribution in [0.3, 0.4) is 0 Å². The van der Waals surface area contributed by atoms with Crippen molar-refractivity contribution in [2.45, 2.75) is 19.3 Å². The molecule has 10 rings (SSSR count). The third-order valence-electron chi connectivity index (χ3n) is 11.3. The van der Waals surface area contributed by atoms with Crippen LogP contribution in [0.25, 0.3) is 60.5 Å². The largest absolute Gasteiger partial charge is 0.309 e. The first-order valence-corrected chi connectivity index (χ1v) is 18.0. The SMILES string of the molecule is CC1(C)c2ccccc2-c2ccc(B(c3ccc(-c4ccc5c(c4)c4ccccc4n5-c4ccccc4)cc3)c3ccc4ccccc4c3)cc21. The second-order valence-electron chi connectivity index (χ2n) is 14.6. The normalized spacial score (nSPS) is 13.1. The molecule has 0 spiro atoms. The van der Waals surface area contributed by atoms with Crippen LogP contribution in [-0.4, -0.2) is 11.3 Å². The summed E-state index contributed by atoms with van der Waals surface area (Å²) >= 11 is 0. The summed E-state index contributed by atoms with van der Waals surface area (Å²) in [5.41, 5.74) is 15.5. The molecule has 1 heterocycles. The Morgan fingerprint density at radius 2 is 1.04 bits per heavy atom. The van der Waals surface area contributed by atoms with Gasteiger partial charge in [0.1, 0.15) is 0 Å².